The highest BCUT2D eigenvalue weighted by Crippen LogP contribution is 2.28. The topological polar surface area (TPSA) is 151 Å². The van der Waals surface area contributed by atoms with Gasteiger partial charge in [-0.2, -0.15) is 5.10 Å². The van der Waals surface area contributed by atoms with Crippen LogP contribution in [-0.2, 0) is 4.79 Å². The second-order valence-corrected chi connectivity index (χ2v) is 5.90. The van der Waals surface area contributed by atoms with Crippen LogP contribution in [0.5, 0.6) is 11.5 Å². The molecule has 0 saturated heterocycles. The number of nitrogens with zero attached hydrogens (tertiary/aromatic N) is 2. The van der Waals surface area contributed by atoms with Gasteiger partial charge in [-0.15, -0.1) is 5.10 Å². The Morgan fingerprint density at radius 3 is 2.79 bits per heavy atom. The number of H-pyrrole nitrogens is 2. The lowest BCUT2D eigenvalue weighted by atomic mass is 10.2. The zero-order valence-corrected chi connectivity index (χ0v) is 15.7. The van der Waals surface area contributed by atoms with Crippen molar-refractivity contribution in [3.05, 3.63) is 44.6 Å². The second-order valence-electron chi connectivity index (χ2n) is 5.90. The summed E-state index contributed by atoms with van der Waals surface area (Å²) in [7, 11) is 1.56. The largest absolute Gasteiger partial charge is 0.493 e. The molecule has 0 spiro atoms. The van der Waals surface area contributed by atoms with E-state index in [9.17, 15) is 14.4 Å². The van der Waals surface area contributed by atoms with E-state index in [0.717, 1.165) is 5.56 Å². The summed E-state index contributed by atoms with van der Waals surface area (Å²) < 4.78 is 10.9. The van der Waals surface area contributed by atoms with Gasteiger partial charge in [-0.25, -0.2) is 15.3 Å². The maximum absolute atomic E-state index is 11.8. The van der Waals surface area contributed by atoms with Gasteiger partial charge < -0.3 is 14.8 Å². The molecule has 0 aliphatic heterocycles. The molecule has 1 aromatic carbocycles. The van der Waals surface area contributed by atoms with Crippen LogP contribution in [0.25, 0.3) is 0 Å². The number of carbonyl (C=O) groups is 1. The van der Waals surface area contributed by atoms with Crippen molar-refractivity contribution in [2.24, 2.45) is 5.10 Å². The van der Waals surface area contributed by atoms with E-state index >= 15 is 0 Å². The van der Waals surface area contributed by atoms with Gasteiger partial charge in [0.2, 0.25) is 11.7 Å². The molecular formula is C17H22N6O5. The van der Waals surface area contributed by atoms with Gasteiger partial charge in [0.15, 0.2) is 11.5 Å². The van der Waals surface area contributed by atoms with E-state index in [1.165, 1.54) is 6.21 Å². The molecule has 0 unspecified atom stereocenters. The number of aromatic nitrogens is 3. The molecular weight excluding hydrogens is 368 g/mol. The van der Waals surface area contributed by atoms with Gasteiger partial charge in [-0.1, -0.05) is 0 Å². The van der Waals surface area contributed by atoms with E-state index in [0.29, 0.717) is 11.5 Å². The molecule has 2 aromatic rings. The van der Waals surface area contributed by atoms with Crippen molar-refractivity contribution in [1.82, 2.24) is 20.6 Å². The summed E-state index contributed by atoms with van der Waals surface area (Å²) in [5.41, 5.74) is 1.73. The Morgan fingerprint density at radius 2 is 2.11 bits per heavy atom. The van der Waals surface area contributed by atoms with Crippen LogP contribution < -0.4 is 31.5 Å². The lowest BCUT2D eigenvalue weighted by Crippen LogP contribution is -2.28. The van der Waals surface area contributed by atoms with E-state index in [1.807, 2.05) is 18.8 Å². The number of methoxy groups -OCH3 is 1. The highest BCUT2D eigenvalue weighted by atomic mass is 16.5. The molecule has 0 bridgehead atoms. The number of amides is 1. The summed E-state index contributed by atoms with van der Waals surface area (Å²) in [5, 5.41) is 12.2. The molecule has 0 atom stereocenters. The number of hydrogen-bond donors (Lipinski definition) is 4. The lowest BCUT2D eigenvalue weighted by Gasteiger charge is -2.13. The lowest BCUT2D eigenvalue weighted by molar-refractivity contribution is -0.120. The van der Waals surface area contributed by atoms with Crippen molar-refractivity contribution in [1.29, 1.82) is 0 Å². The summed E-state index contributed by atoms with van der Waals surface area (Å²) >= 11 is 0. The Kier molecular flexibility index (Phi) is 7.31. The van der Waals surface area contributed by atoms with Gasteiger partial charge in [-0.3, -0.25) is 14.6 Å². The van der Waals surface area contributed by atoms with Crippen molar-refractivity contribution >= 4 is 17.9 Å². The van der Waals surface area contributed by atoms with Crippen LogP contribution in [0.4, 0.5) is 5.82 Å². The van der Waals surface area contributed by atoms with E-state index in [4.69, 9.17) is 9.47 Å². The first-order valence-electron chi connectivity index (χ1n) is 8.48. The highest BCUT2D eigenvalue weighted by Gasteiger charge is 2.07. The Labute approximate surface area is 160 Å². The zero-order valence-electron chi connectivity index (χ0n) is 15.7. The number of ether oxygens (including phenoxy) is 2. The van der Waals surface area contributed by atoms with Gasteiger partial charge in [0, 0.05) is 13.0 Å². The van der Waals surface area contributed by atoms with Crippen molar-refractivity contribution < 1.29 is 14.3 Å². The van der Waals surface area contributed by atoms with Gasteiger partial charge in [0.05, 0.1) is 19.4 Å². The third-order valence-electron chi connectivity index (χ3n) is 3.31. The maximum Gasteiger partial charge on any atom is 0.342 e. The molecule has 2 rings (SSSR count). The number of anilines is 1. The van der Waals surface area contributed by atoms with Crippen molar-refractivity contribution in [3.8, 4) is 11.5 Å². The monoisotopic (exact) mass is 390 g/mol. The summed E-state index contributed by atoms with van der Waals surface area (Å²) in [5.74, 6) is 0.742. The SMILES string of the molecule is COc1ccc(/C=N/NC(=O)CCNc2n[nH]c(=O)[nH]c2=O)cc1OC(C)C. The average molecular weight is 390 g/mol. The van der Waals surface area contributed by atoms with Crippen LogP contribution in [0.1, 0.15) is 25.8 Å². The number of hydrazone groups is 1. The molecule has 0 saturated carbocycles. The van der Waals surface area contributed by atoms with E-state index in [2.05, 4.69) is 26.0 Å². The van der Waals surface area contributed by atoms with Crippen LogP contribution in [-0.4, -0.2) is 47.1 Å². The molecule has 1 heterocycles. The number of nitrogens with one attached hydrogen (secondary N) is 4. The number of aromatic amines is 2. The molecule has 11 nitrogen and oxygen atoms in total. The first-order valence-corrected chi connectivity index (χ1v) is 8.48. The molecule has 0 fully saturated rings. The molecule has 150 valence electrons. The molecule has 0 radical (unpaired) electrons. The third kappa shape index (κ3) is 6.27. The number of carbonyl (C=O) groups excluding carboxylic acids is 1. The fourth-order valence-corrected chi connectivity index (χ4v) is 2.12. The summed E-state index contributed by atoms with van der Waals surface area (Å²) in [6.45, 7) is 3.95. The van der Waals surface area contributed by atoms with Crippen LogP contribution >= 0.6 is 0 Å². The molecule has 4 N–H and O–H groups in total. The molecule has 1 amide bonds. The summed E-state index contributed by atoms with van der Waals surface area (Å²) in [4.78, 5) is 36.1. The van der Waals surface area contributed by atoms with Crippen LogP contribution in [0.3, 0.4) is 0 Å². The Balaban J connectivity index is 1.85. The average Bonchev–Trinajstić information content (AvgIpc) is 2.63. The first-order chi connectivity index (χ1) is 13.4. The standard InChI is InChI=1S/C17H22N6O5/c1-10(2)28-13-8-11(4-5-12(13)27-3)9-19-21-14(24)6-7-18-15-16(25)20-17(26)23-22-15/h4-5,8-10H,6-7H2,1-3H3,(H,18,22)(H,21,24)(H2,20,23,25,26)/b19-9+. The Hall–Kier alpha value is -3.63. The minimum atomic E-state index is -0.705. The van der Waals surface area contributed by atoms with E-state index in [-0.39, 0.29) is 30.8 Å². The molecule has 11 heteroatoms. The first kappa shape index (κ1) is 20.7. The molecule has 0 aliphatic rings. The fraction of sp³-hybridized carbons (Fsp3) is 0.353. The van der Waals surface area contributed by atoms with Crippen LogP contribution in [0, 0.1) is 0 Å². The van der Waals surface area contributed by atoms with Crippen molar-refractivity contribution in [2.75, 3.05) is 19.0 Å². The predicted molar refractivity (Wildman–Crippen MR) is 103 cm³/mol. The van der Waals surface area contributed by atoms with Gasteiger partial charge in [0.1, 0.15) is 0 Å². The van der Waals surface area contributed by atoms with Gasteiger partial charge in [-0.05, 0) is 37.6 Å². The van der Waals surface area contributed by atoms with Crippen molar-refractivity contribution in [3.63, 3.8) is 0 Å². The minimum absolute atomic E-state index is 0.0162. The normalized spacial score (nSPS) is 10.9. The number of benzene rings is 1. The van der Waals surface area contributed by atoms with Crippen LogP contribution in [0.2, 0.25) is 0 Å². The fourth-order valence-electron chi connectivity index (χ4n) is 2.12. The minimum Gasteiger partial charge on any atom is -0.493 e. The molecule has 28 heavy (non-hydrogen) atoms. The Bertz CT molecular complexity index is 950. The van der Waals surface area contributed by atoms with E-state index < -0.39 is 11.2 Å². The summed E-state index contributed by atoms with van der Waals surface area (Å²) in [6.07, 6.45) is 1.51. The van der Waals surface area contributed by atoms with E-state index in [1.54, 1.807) is 25.3 Å². The molecule has 1 aromatic heterocycles. The quantitative estimate of drug-likeness (QED) is 0.353. The smallest absolute Gasteiger partial charge is 0.342 e. The van der Waals surface area contributed by atoms with Gasteiger partial charge in [0.25, 0.3) is 5.56 Å². The third-order valence-corrected chi connectivity index (χ3v) is 3.31. The predicted octanol–water partition coefficient (Wildman–Crippen LogP) is 0.206. The molecule has 0 aliphatic carbocycles. The highest BCUT2D eigenvalue weighted by molar-refractivity contribution is 5.83. The van der Waals surface area contributed by atoms with Gasteiger partial charge >= 0.3 is 5.69 Å². The van der Waals surface area contributed by atoms with Crippen LogP contribution in [0.15, 0.2) is 32.9 Å². The number of rotatable bonds is 9. The van der Waals surface area contributed by atoms with Crippen molar-refractivity contribution in [2.45, 2.75) is 26.4 Å². The maximum atomic E-state index is 11.8. The summed E-state index contributed by atoms with van der Waals surface area (Å²) in [6, 6.07) is 5.28. The second kappa shape index (κ2) is 9.90. The number of hydrogen-bond acceptors (Lipinski definition) is 8. The zero-order chi connectivity index (χ0) is 20.5. The Morgan fingerprint density at radius 1 is 1.32 bits per heavy atom.